The average molecular weight is 250 g/mol. The predicted octanol–water partition coefficient (Wildman–Crippen LogP) is 1.81. The molecule has 0 aliphatic heterocycles. The van der Waals surface area contributed by atoms with Crippen LogP contribution in [-0.4, -0.2) is 32.7 Å². The molecule has 1 atom stereocenters. The summed E-state index contributed by atoms with van der Waals surface area (Å²) in [5.41, 5.74) is 2.03. The Balaban J connectivity index is 2.66. The summed E-state index contributed by atoms with van der Waals surface area (Å²) < 4.78 is 5.06. The maximum absolute atomic E-state index is 11.4. The van der Waals surface area contributed by atoms with E-state index in [1.54, 1.807) is 14.2 Å². The highest BCUT2D eigenvalue weighted by Gasteiger charge is 2.08. The highest BCUT2D eigenvalue weighted by atomic mass is 16.5. The van der Waals surface area contributed by atoms with Crippen molar-refractivity contribution in [1.29, 1.82) is 0 Å². The van der Waals surface area contributed by atoms with E-state index in [0.717, 1.165) is 24.3 Å². The maximum Gasteiger partial charge on any atom is 0.224 e. The monoisotopic (exact) mass is 250 g/mol. The van der Waals surface area contributed by atoms with E-state index in [-0.39, 0.29) is 5.91 Å². The summed E-state index contributed by atoms with van der Waals surface area (Å²) >= 11 is 0. The molecule has 0 fully saturated rings. The highest BCUT2D eigenvalue weighted by molar-refractivity contribution is 5.80. The molecule has 2 N–H and O–H groups in total. The zero-order valence-electron chi connectivity index (χ0n) is 11.3. The molecule has 0 saturated carbocycles. The van der Waals surface area contributed by atoms with Gasteiger partial charge in [-0.2, -0.15) is 0 Å². The number of benzene rings is 1. The molecule has 100 valence electrons. The Morgan fingerprint density at radius 3 is 2.78 bits per heavy atom. The Morgan fingerprint density at radius 2 is 2.11 bits per heavy atom. The van der Waals surface area contributed by atoms with E-state index in [2.05, 4.69) is 17.6 Å². The number of methoxy groups -OCH3 is 1. The fourth-order valence-electron chi connectivity index (χ4n) is 1.71. The number of carbonyl (C=O) groups is 1. The third-order valence-electron chi connectivity index (χ3n) is 2.80. The number of likely N-dealkylation sites (N-methyl/N-ethyl adjacent to an activating group) is 1. The molecule has 0 spiro atoms. The fourth-order valence-corrected chi connectivity index (χ4v) is 1.71. The van der Waals surface area contributed by atoms with Crippen molar-refractivity contribution in [2.45, 2.75) is 25.8 Å². The number of carbonyl (C=O) groups excluding carboxylic acids is 1. The molecule has 1 rings (SSSR count). The number of para-hydroxylation sites is 1. The number of amides is 1. The molecule has 0 aliphatic rings. The zero-order chi connectivity index (χ0) is 13.4. The van der Waals surface area contributed by atoms with Gasteiger partial charge in [-0.05, 0) is 25.0 Å². The molecule has 4 heteroatoms. The first-order valence-corrected chi connectivity index (χ1v) is 6.21. The number of nitrogens with one attached hydrogen (secondary N) is 2. The summed E-state index contributed by atoms with van der Waals surface area (Å²) in [5, 5.41) is 6.06. The molecular weight excluding hydrogens is 228 g/mol. The van der Waals surface area contributed by atoms with Crippen LogP contribution in [0.1, 0.15) is 18.9 Å². The zero-order valence-corrected chi connectivity index (χ0v) is 11.3. The average Bonchev–Trinajstić information content (AvgIpc) is 2.38. The van der Waals surface area contributed by atoms with Crippen LogP contribution in [0.4, 0.5) is 5.69 Å². The summed E-state index contributed by atoms with van der Waals surface area (Å²) in [4.78, 5) is 11.4. The first kappa shape index (κ1) is 14.5. The lowest BCUT2D eigenvalue weighted by Crippen LogP contribution is -2.22. The number of rotatable bonds is 7. The first-order valence-electron chi connectivity index (χ1n) is 6.21. The molecule has 4 nitrogen and oxygen atoms in total. The van der Waals surface area contributed by atoms with Crippen molar-refractivity contribution in [3.63, 3.8) is 0 Å². The Hall–Kier alpha value is -1.55. The van der Waals surface area contributed by atoms with Gasteiger partial charge >= 0.3 is 0 Å². The van der Waals surface area contributed by atoms with Crippen molar-refractivity contribution in [2.24, 2.45) is 0 Å². The van der Waals surface area contributed by atoms with E-state index in [9.17, 15) is 4.79 Å². The van der Waals surface area contributed by atoms with Gasteiger partial charge in [-0.1, -0.05) is 18.2 Å². The second kappa shape index (κ2) is 7.71. The SMILES string of the molecule is CNC(=O)Cc1ccccc1NC(C)CCOC. The van der Waals surface area contributed by atoms with Crippen molar-refractivity contribution in [1.82, 2.24) is 5.32 Å². The van der Waals surface area contributed by atoms with Gasteiger partial charge in [0.15, 0.2) is 0 Å². The van der Waals surface area contributed by atoms with Crippen LogP contribution in [0.2, 0.25) is 0 Å². The Morgan fingerprint density at radius 1 is 1.39 bits per heavy atom. The quantitative estimate of drug-likeness (QED) is 0.776. The molecule has 1 unspecified atom stereocenters. The van der Waals surface area contributed by atoms with Crippen molar-refractivity contribution in [3.05, 3.63) is 29.8 Å². The highest BCUT2D eigenvalue weighted by Crippen LogP contribution is 2.17. The third-order valence-corrected chi connectivity index (χ3v) is 2.80. The summed E-state index contributed by atoms with van der Waals surface area (Å²) in [7, 11) is 3.35. The van der Waals surface area contributed by atoms with Crippen molar-refractivity contribution >= 4 is 11.6 Å². The van der Waals surface area contributed by atoms with Gasteiger partial charge in [0.05, 0.1) is 6.42 Å². The molecule has 0 bridgehead atoms. The lowest BCUT2D eigenvalue weighted by atomic mass is 10.1. The van der Waals surface area contributed by atoms with Crippen molar-refractivity contribution in [3.8, 4) is 0 Å². The minimum absolute atomic E-state index is 0.0220. The van der Waals surface area contributed by atoms with Crippen LogP contribution in [0.3, 0.4) is 0 Å². The minimum Gasteiger partial charge on any atom is -0.385 e. The van der Waals surface area contributed by atoms with Crippen LogP contribution >= 0.6 is 0 Å². The van der Waals surface area contributed by atoms with E-state index in [1.807, 2.05) is 24.3 Å². The molecule has 18 heavy (non-hydrogen) atoms. The lowest BCUT2D eigenvalue weighted by molar-refractivity contribution is -0.119. The smallest absolute Gasteiger partial charge is 0.224 e. The van der Waals surface area contributed by atoms with Gasteiger partial charge < -0.3 is 15.4 Å². The number of anilines is 1. The number of hydrogen-bond acceptors (Lipinski definition) is 3. The summed E-state index contributed by atoms with van der Waals surface area (Å²) in [6, 6.07) is 8.21. The summed E-state index contributed by atoms with van der Waals surface area (Å²) in [5.74, 6) is 0.0220. The van der Waals surface area contributed by atoms with E-state index < -0.39 is 0 Å². The van der Waals surface area contributed by atoms with E-state index in [4.69, 9.17) is 4.74 Å². The van der Waals surface area contributed by atoms with E-state index >= 15 is 0 Å². The van der Waals surface area contributed by atoms with Gasteiger partial charge in [-0.3, -0.25) is 4.79 Å². The van der Waals surface area contributed by atoms with Crippen molar-refractivity contribution < 1.29 is 9.53 Å². The second-order valence-corrected chi connectivity index (χ2v) is 4.33. The lowest BCUT2D eigenvalue weighted by Gasteiger charge is -2.17. The van der Waals surface area contributed by atoms with Crippen LogP contribution in [0.5, 0.6) is 0 Å². The maximum atomic E-state index is 11.4. The fraction of sp³-hybridized carbons (Fsp3) is 0.500. The minimum atomic E-state index is 0.0220. The van der Waals surface area contributed by atoms with Crippen LogP contribution in [0.15, 0.2) is 24.3 Å². The molecule has 1 aromatic carbocycles. The summed E-state index contributed by atoms with van der Waals surface area (Å²) in [6.07, 6.45) is 1.33. The molecule has 0 aliphatic carbocycles. The largest absolute Gasteiger partial charge is 0.385 e. The standard InChI is InChI=1S/C14H22N2O2/c1-11(8-9-18-3)16-13-7-5-4-6-12(13)10-14(17)15-2/h4-7,11,16H,8-10H2,1-3H3,(H,15,17). The Bertz CT molecular complexity index is 380. The van der Waals surface area contributed by atoms with Gasteiger partial charge in [-0.15, -0.1) is 0 Å². The number of ether oxygens (including phenoxy) is 1. The molecule has 1 amide bonds. The first-order chi connectivity index (χ1) is 8.67. The van der Waals surface area contributed by atoms with Gasteiger partial charge in [-0.25, -0.2) is 0 Å². The van der Waals surface area contributed by atoms with E-state index in [1.165, 1.54) is 0 Å². The molecule has 1 aromatic rings. The summed E-state index contributed by atoms with van der Waals surface area (Å²) in [6.45, 7) is 2.83. The van der Waals surface area contributed by atoms with Gasteiger partial charge in [0.2, 0.25) is 5.91 Å². The molecule has 0 aromatic heterocycles. The van der Waals surface area contributed by atoms with Gasteiger partial charge in [0, 0.05) is 32.5 Å². The second-order valence-electron chi connectivity index (χ2n) is 4.33. The topological polar surface area (TPSA) is 50.4 Å². The van der Waals surface area contributed by atoms with Crippen LogP contribution in [-0.2, 0) is 16.0 Å². The van der Waals surface area contributed by atoms with Crippen molar-refractivity contribution in [2.75, 3.05) is 26.1 Å². The third kappa shape index (κ3) is 4.75. The predicted molar refractivity (Wildman–Crippen MR) is 73.8 cm³/mol. The number of hydrogen-bond donors (Lipinski definition) is 2. The molecule has 0 heterocycles. The van der Waals surface area contributed by atoms with Crippen LogP contribution < -0.4 is 10.6 Å². The van der Waals surface area contributed by atoms with Gasteiger partial charge in [0.1, 0.15) is 0 Å². The van der Waals surface area contributed by atoms with Crippen LogP contribution in [0, 0.1) is 0 Å². The molecule has 0 saturated heterocycles. The van der Waals surface area contributed by atoms with Crippen LogP contribution in [0.25, 0.3) is 0 Å². The Kier molecular flexibility index (Phi) is 6.22. The van der Waals surface area contributed by atoms with E-state index in [0.29, 0.717) is 12.5 Å². The molecule has 0 radical (unpaired) electrons. The van der Waals surface area contributed by atoms with Gasteiger partial charge in [0.25, 0.3) is 0 Å². The normalized spacial score (nSPS) is 11.9. The Labute approximate surface area is 109 Å². The molecular formula is C14H22N2O2.